The van der Waals surface area contributed by atoms with E-state index in [1.165, 1.54) is 60.8 Å². The normalized spacial score (nSPS) is 39.9. The number of hydrogen-bond acceptors (Lipinski definition) is 2. The third kappa shape index (κ3) is 1.20. The van der Waals surface area contributed by atoms with Crippen LogP contribution in [0.4, 0.5) is 0 Å². The summed E-state index contributed by atoms with van der Waals surface area (Å²) < 4.78 is 0. The van der Waals surface area contributed by atoms with Crippen molar-refractivity contribution in [3.63, 3.8) is 0 Å². The van der Waals surface area contributed by atoms with Gasteiger partial charge in [0.15, 0.2) is 0 Å². The van der Waals surface area contributed by atoms with Crippen molar-refractivity contribution in [2.45, 2.75) is 64.2 Å². The lowest BCUT2D eigenvalue weighted by atomic mass is 9.33. The Hall–Kier alpha value is -0.600. The summed E-state index contributed by atoms with van der Waals surface area (Å²) in [5.74, 6) is 0. The van der Waals surface area contributed by atoms with E-state index in [0.717, 1.165) is 25.7 Å². The van der Waals surface area contributed by atoms with Crippen LogP contribution < -0.4 is 0 Å². The fraction of sp³-hybridized carbons (Fsp3) is 0.778. The molecule has 0 saturated heterocycles. The Labute approximate surface area is 121 Å². The van der Waals surface area contributed by atoms with Crippen LogP contribution in [-0.4, -0.2) is 23.4 Å². The third-order valence-electron chi connectivity index (χ3n) is 6.70. The van der Waals surface area contributed by atoms with E-state index < -0.39 is 0 Å². The average Bonchev–Trinajstić information content (AvgIpc) is 2.81. The van der Waals surface area contributed by atoms with Crippen LogP contribution in [0.2, 0.25) is 0 Å². The predicted molar refractivity (Wildman–Crippen MR) is 79.3 cm³/mol. The van der Waals surface area contributed by atoms with Gasteiger partial charge >= 0.3 is 0 Å². The quantitative estimate of drug-likeness (QED) is 0.757. The number of aliphatic hydroxyl groups is 2. The van der Waals surface area contributed by atoms with Gasteiger partial charge in [-0.1, -0.05) is 35.1 Å². The highest BCUT2D eigenvalue weighted by Crippen LogP contribution is 2.78. The second-order valence-electron chi connectivity index (χ2n) is 7.16. The van der Waals surface area contributed by atoms with Gasteiger partial charge in [-0.3, -0.25) is 0 Å². The molecule has 4 rings (SSSR count). The summed E-state index contributed by atoms with van der Waals surface area (Å²) in [6, 6.07) is 0. The van der Waals surface area contributed by atoms with Crippen molar-refractivity contribution in [3.8, 4) is 0 Å². The average molecular weight is 274 g/mol. The molecule has 0 aromatic heterocycles. The van der Waals surface area contributed by atoms with E-state index in [1.54, 1.807) is 0 Å². The Morgan fingerprint density at radius 2 is 0.850 bits per heavy atom. The van der Waals surface area contributed by atoms with E-state index in [1.807, 2.05) is 0 Å². The van der Waals surface area contributed by atoms with Gasteiger partial charge in [-0.15, -0.1) is 0 Å². The van der Waals surface area contributed by atoms with E-state index in [-0.39, 0.29) is 24.0 Å². The third-order valence-corrected chi connectivity index (χ3v) is 6.70. The van der Waals surface area contributed by atoms with Crippen LogP contribution in [0.5, 0.6) is 0 Å². The Kier molecular flexibility index (Phi) is 2.91. The van der Waals surface area contributed by atoms with Gasteiger partial charge in [0.05, 0.1) is 24.0 Å². The molecule has 0 aliphatic heterocycles. The number of aliphatic hydroxyl groups excluding tert-OH is 2. The van der Waals surface area contributed by atoms with Crippen molar-refractivity contribution >= 4 is 0 Å². The van der Waals surface area contributed by atoms with Crippen LogP contribution in [0, 0.1) is 10.8 Å². The molecule has 4 aliphatic rings. The van der Waals surface area contributed by atoms with Gasteiger partial charge in [0, 0.05) is 0 Å². The van der Waals surface area contributed by atoms with Crippen molar-refractivity contribution in [2.75, 3.05) is 13.2 Å². The molecule has 0 atom stereocenters. The molecule has 4 aliphatic carbocycles. The summed E-state index contributed by atoms with van der Waals surface area (Å²) in [4.78, 5) is 0. The molecule has 0 bridgehead atoms. The van der Waals surface area contributed by atoms with E-state index in [9.17, 15) is 10.2 Å². The Morgan fingerprint density at radius 1 is 0.550 bits per heavy atom. The molecular formula is C18H26O2. The molecule has 0 spiro atoms. The van der Waals surface area contributed by atoms with Gasteiger partial charge in [-0.05, 0) is 51.4 Å². The van der Waals surface area contributed by atoms with Crippen molar-refractivity contribution in [3.05, 3.63) is 22.3 Å². The summed E-state index contributed by atoms with van der Waals surface area (Å²) in [5, 5.41) is 20.5. The summed E-state index contributed by atoms with van der Waals surface area (Å²) >= 11 is 0. The highest BCUT2D eigenvalue weighted by molar-refractivity contribution is 5.67. The van der Waals surface area contributed by atoms with Gasteiger partial charge in [0.2, 0.25) is 0 Å². The fourth-order valence-corrected chi connectivity index (χ4v) is 5.97. The summed E-state index contributed by atoms with van der Waals surface area (Å²) in [7, 11) is 0. The van der Waals surface area contributed by atoms with Crippen molar-refractivity contribution < 1.29 is 10.2 Å². The maximum absolute atomic E-state index is 10.2. The largest absolute Gasteiger partial charge is 0.395 e. The standard InChI is InChI=1S/C18H26O2/c19-11-17-13-7-3-1-4-8-14(13)18(17,12-20)16-10-6-2-5-9-15(16)17/h19-20H,1-12H2. The highest BCUT2D eigenvalue weighted by atomic mass is 16.3. The van der Waals surface area contributed by atoms with Gasteiger partial charge in [-0.2, -0.15) is 0 Å². The van der Waals surface area contributed by atoms with Gasteiger partial charge in [0.25, 0.3) is 0 Å². The second kappa shape index (κ2) is 4.45. The van der Waals surface area contributed by atoms with E-state index in [0.29, 0.717) is 0 Å². The SMILES string of the molecule is OCC12C3=C(CCCCC3)C1(CO)C1=C2CCCCC1. The molecule has 0 amide bonds. The van der Waals surface area contributed by atoms with E-state index in [4.69, 9.17) is 0 Å². The Bertz CT molecular complexity index is 420. The molecule has 2 N–H and O–H groups in total. The zero-order valence-electron chi connectivity index (χ0n) is 12.4. The summed E-state index contributed by atoms with van der Waals surface area (Å²) in [5.41, 5.74) is 5.89. The molecule has 0 aromatic carbocycles. The molecule has 110 valence electrons. The maximum atomic E-state index is 10.2. The fourth-order valence-electron chi connectivity index (χ4n) is 5.97. The molecular weight excluding hydrogens is 248 g/mol. The molecule has 0 fully saturated rings. The van der Waals surface area contributed by atoms with Crippen LogP contribution in [-0.2, 0) is 0 Å². The molecule has 2 heteroatoms. The first-order valence-corrected chi connectivity index (χ1v) is 8.50. The highest BCUT2D eigenvalue weighted by Gasteiger charge is 2.72. The smallest absolute Gasteiger partial charge is 0.0575 e. The van der Waals surface area contributed by atoms with Crippen LogP contribution in [0.25, 0.3) is 0 Å². The van der Waals surface area contributed by atoms with Crippen LogP contribution >= 0.6 is 0 Å². The first-order valence-electron chi connectivity index (χ1n) is 8.50. The van der Waals surface area contributed by atoms with Crippen molar-refractivity contribution in [2.24, 2.45) is 10.8 Å². The van der Waals surface area contributed by atoms with Crippen LogP contribution in [0.15, 0.2) is 22.3 Å². The lowest BCUT2D eigenvalue weighted by Crippen LogP contribution is -2.66. The van der Waals surface area contributed by atoms with Crippen molar-refractivity contribution in [1.82, 2.24) is 0 Å². The minimum absolute atomic E-state index is 0.124. The Morgan fingerprint density at radius 3 is 1.10 bits per heavy atom. The maximum Gasteiger partial charge on any atom is 0.0575 e. The summed E-state index contributed by atoms with van der Waals surface area (Å²) in [6.45, 7) is 0.455. The first kappa shape index (κ1) is 13.1. The molecule has 0 heterocycles. The second-order valence-corrected chi connectivity index (χ2v) is 7.16. The minimum Gasteiger partial charge on any atom is -0.395 e. The van der Waals surface area contributed by atoms with Gasteiger partial charge < -0.3 is 10.2 Å². The zero-order chi connectivity index (χ0) is 13.8. The topological polar surface area (TPSA) is 40.5 Å². The predicted octanol–water partition coefficient (Wildman–Crippen LogP) is 3.49. The molecule has 0 saturated carbocycles. The lowest BCUT2D eigenvalue weighted by Gasteiger charge is -2.70. The summed E-state index contributed by atoms with van der Waals surface area (Å²) in [6.07, 6.45) is 12.3. The van der Waals surface area contributed by atoms with E-state index in [2.05, 4.69) is 0 Å². The zero-order valence-corrected chi connectivity index (χ0v) is 12.4. The molecule has 2 nitrogen and oxygen atoms in total. The molecule has 0 aromatic rings. The minimum atomic E-state index is -0.124. The monoisotopic (exact) mass is 274 g/mol. The molecule has 0 unspecified atom stereocenters. The van der Waals surface area contributed by atoms with Gasteiger partial charge in [0.1, 0.15) is 0 Å². The van der Waals surface area contributed by atoms with Crippen LogP contribution in [0.3, 0.4) is 0 Å². The van der Waals surface area contributed by atoms with Gasteiger partial charge in [-0.25, -0.2) is 0 Å². The Balaban J connectivity index is 1.84. The lowest BCUT2D eigenvalue weighted by molar-refractivity contribution is -0.0295. The molecule has 20 heavy (non-hydrogen) atoms. The number of fused-ring (bicyclic) bond motifs is 5. The van der Waals surface area contributed by atoms with E-state index >= 15 is 0 Å². The number of rotatable bonds is 2. The molecule has 0 radical (unpaired) electrons. The first-order chi connectivity index (χ1) is 9.83. The van der Waals surface area contributed by atoms with Crippen LogP contribution in [0.1, 0.15) is 64.2 Å². The van der Waals surface area contributed by atoms with Crippen molar-refractivity contribution in [1.29, 1.82) is 0 Å². The number of hydrogen-bond donors (Lipinski definition) is 2.